The molecule has 4 heteroatoms. The molecule has 0 fully saturated rings. The second-order valence-electron chi connectivity index (χ2n) is 1.49. The molecule has 0 aromatic rings. The van der Waals surface area contributed by atoms with Gasteiger partial charge in [-0.25, -0.2) is 8.78 Å². The smallest absolute Gasteiger partial charge is 0.238 e. The lowest BCUT2D eigenvalue weighted by Gasteiger charge is -1.96. The molecule has 0 aliphatic rings. The van der Waals surface area contributed by atoms with Gasteiger partial charge in [0, 0.05) is 13.0 Å². The minimum atomic E-state index is -2.19. The van der Waals surface area contributed by atoms with Gasteiger partial charge in [0.15, 0.2) is 0 Å². The highest BCUT2D eigenvalue weighted by molar-refractivity contribution is 4.42. The fourth-order valence-electron chi connectivity index (χ4n) is 0.358. The molecule has 3 N–H and O–H groups in total. The van der Waals surface area contributed by atoms with E-state index in [1.807, 2.05) is 0 Å². The Bertz CT molecular complexity index is 49.3. The van der Waals surface area contributed by atoms with E-state index in [0.717, 1.165) is 0 Å². The van der Waals surface area contributed by atoms with Crippen LogP contribution < -0.4 is 11.3 Å². The van der Waals surface area contributed by atoms with Gasteiger partial charge in [0.25, 0.3) is 0 Å². The summed E-state index contributed by atoms with van der Waals surface area (Å²) in [7, 11) is 0. The molecule has 0 spiro atoms. The van der Waals surface area contributed by atoms with Crippen molar-refractivity contribution in [3.8, 4) is 0 Å². The minimum absolute atomic E-state index is 0.0653. The van der Waals surface area contributed by atoms with Gasteiger partial charge >= 0.3 is 0 Å². The highest BCUT2D eigenvalue weighted by Crippen LogP contribution is 2.00. The number of nitrogens with one attached hydrogen (secondary N) is 1. The zero-order valence-electron chi connectivity index (χ0n) is 4.53. The second kappa shape index (κ2) is 4.93. The summed E-state index contributed by atoms with van der Waals surface area (Å²) in [4.78, 5) is 0. The van der Waals surface area contributed by atoms with Crippen LogP contribution >= 0.6 is 0 Å². The van der Waals surface area contributed by atoms with Gasteiger partial charge in [-0.2, -0.15) is 0 Å². The predicted molar refractivity (Wildman–Crippen MR) is 27.4 cm³/mol. The number of hydrogen-bond donors (Lipinski definition) is 2. The SMILES string of the molecule is NNCCCC(F)F. The molecule has 0 radical (unpaired) electrons. The van der Waals surface area contributed by atoms with Gasteiger partial charge in [-0.15, -0.1) is 0 Å². The molecule has 0 amide bonds. The van der Waals surface area contributed by atoms with Crippen molar-refractivity contribution >= 4 is 0 Å². The molecule has 0 aliphatic heterocycles. The van der Waals surface area contributed by atoms with Crippen LogP contribution in [0.5, 0.6) is 0 Å². The lowest BCUT2D eigenvalue weighted by atomic mass is 10.3. The van der Waals surface area contributed by atoms with Crippen LogP contribution in [0.2, 0.25) is 0 Å². The van der Waals surface area contributed by atoms with Crippen molar-refractivity contribution in [3.05, 3.63) is 0 Å². The van der Waals surface area contributed by atoms with Crippen LogP contribution in [-0.2, 0) is 0 Å². The van der Waals surface area contributed by atoms with Gasteiger partial charge in [-0.05, 0) is 6.42 Å². The monoisotopic (exact) mass is 124 g/mol. The van der Waals surface area contributed by atoms with Gasteiger partial charge < -0.3 is 0 Å². The standard InChI is InChI=1S/C4H10F2N2/c5-4(6)2-1-3-8-7/h4,8H,1-3,7H2. The maximum atomic E-state index is 11.3. The van der Waals surface area contributed by atoms with Crippen LogP contribution in [-0.4, -0.2) is 13.0 Å². The Morgan fingerprint density at radius 1 is 1.50 bits per heavy atom. The van der Waals surface area contributed by atoms with Crippen molar-refractivity contribution < 1.29 is 8.78 Å². The summed E-state index contributed by atoms with van der Waals surface area (Å²) >= 11 is 0. The number of hydrogen-bond acceptors (Lipinski definition) is 2. The normalized spacial score (nSPS) is 10.5. The summed E-state index contributed by atoms with van der Waals surface area (Å²) in [5.74, 6) is 4.82. The average molecular weight is 124 g/mol. The van der Waals surface area contributed by atoms with Crippen LogP contribution in [0.25, 0.3) is 0 Å². The van der Waals surface area contributed by atoms with Gasteiger partial charge in [0.1, 0.15) is 0 Å². The summed E-state index contributed by atoms with van der Waals surface area (Å²) < 4.78 is 22.6. The van der Waals surface area contributed by atoms with Crippen LogP contribution in [0.4, 0.5) is 8.78 Å². The van der Waals surface area contributed by atoms with E-state index in [0.29, 0.717) is 13.0 Å². The first kappa shape index (κ1) is 7.78. The summed E-state index contributed by atoms with van der Waals surface area (Å²) in [6.45, 7) is 0.463. The summed E-state index contributed by atoms with van der Waals surface area (Å²) in [5.41, 5.74) is 2.29. The Labute approximate surface area is 47.0 Å². The van der Waals surface area contributed by atoms with E-state index < -0.39 is 6.43 Å². The van der Waals surface area contributed by atoms with Crippen LogP contribution in [0.15, 0.2) is 0 Å². The van der Waals surface area contributed by atoms with E-state index in [1.165, 1.54) is 0 Å². The molecule has 0 rings (SSSR count). The Kier molecular flexibility index (Phi) is 4.79. The Morgan fingerprint density at radius 3 is 2.50 bits per heavy atom. The lowest BCUT2D eigenvalue weighted by molar-refractivity contribution is 0.135. The third-order valence-corrected chi connectivity index (χ3v) is 0.743. The first-order valence-corrected chi connectivity index (χ1v) is 2.49. The van der Waals surface area contributed by atoms with Gasteiger partial charge in [0.05, 0.1) is 0 Å². The first-order valence-electron chi connectivity index (χ1n) is 2.49. The van der Waals surface area contributed by atoms with Crippen molar-refractivity contribution in [3.63, 3.8) is 0 Å². The Morgan fingerprint density at radius 2 is 2.12 bits per heavy atom. The topological polar surface area (TPSA) is 38.0 Å². The highest BCUT2D eigenvalue weighted by atomic mass is 19.3. The lowest BCUT2D eigenvalue weighted by Crippen LogP contribution is -2.23. The average Bonchev–Trinajstić information content (AvgIpc) is 1.66. The molecule has 0 aromatic carbocycles. The molecule has 2 nitrogen and oxygen atoms in total. The minimum Gasteiger partial charge on any atom is -0.271 e. The van der Waals surface area contributed by atoms with Crippen molar-refractivity contribution in [1.82, 2.24) is 5.43 Å². The molecule has 0 unspecified atom stereocenters. The zero-order chi connectivity index (χ0) is 6.41. The molecule has 0 heterocycles. The summed E-state index contributed by atoms with van der Waals surface area (Å²) in [5, 5.41) is 0. The van der Waals surface area contributed by atoms with E-state index >= 15 is 0 Å². The Balaban J connectivity index is 2.72. The number of nitrogens with two attached hydrogens (primary N) is 1. The van der Waals surface area contributed by atoms with Gasteiger partial charge in [-0.3, -0.25) is 11.3 Å². The van der Waals surface area contributed by atoms with Crippen molar-refractivity contribution in [1.29, 1.82) is 0 Å². The third-order valence-electron chi connectivity index (χ3n) is 0.743. The van der Waals surface area contributed by atoms with Crippen molar-refractivity contribution in [2.24, 2.45) is 5.84 Å². The molecule has 0 saturated heterocycles. The van der Waals surface area contributed by atoms with E-state index in [2.05, 4.69) is 5.43 Å². The maximum Gasteiger partial charge on any atom is 0.238 e. The molecule has 0 saturated carbocycles. The molecule has 8 heavy (non-hydrogen) atoms. The number of rotatable bonds is 4. The second-order valence-corrected chi connectivity index (χ2v) is 1.49. The number of hydrazine groups is 1. The van der Waals surface area contributed by atoms with Crippen LogP contribution in [0.1, 0.15) is 12.8 Å². The molecule has 0 aromatic heterocycles. The molecule has 0 bridgehead atoms. The first-order chi connectivity index (χ1) is 3.77. The fraction of sp³-hybridized carbons (Fsp3) is 1.00. The van der Waals surface area contributed by atoms with E-state index in [1.54, 1.807) is 0 Å². The van der Waals surface area contributed by atoms with Gasteiger partial charge in [0.2, 0.25) is 6.43 Å². The number of alkyl halides is 2. The van der Waals surface area contributed by atoms with E-state index in [9.17, 15) is 8.78 Å². The summed E-state index contributed by atoms with van der Waals surface area (Å²) in [6.07, 6.45) is -1.82. The fourth-order valence-corrected chi connectivity index (χ4v) is 0.358. The predicted octanol–water partition coefficient (Wildman–Crippen LogP) is 0.495. The zero-order valence-corrected chi connectivity index (χ0v) is 4.53. The van der Waals surface area contributed by atoms with Crippen LogP contribution in [0.3, 0.4) is 0 Å². The van der Waals surface area contributed by atoms with Gasteiger partial charge in [-0.1, -0.05) is 0 Å². The highest BCUT2D eigenvalue weighted by Gasteiger charge is 1.98. The molecule has 0 atom stereocenters. The van der Waals surface area contributed by atoms with Crippen molar-refractivity contribution in [2.75, 3.05) is 6.54 Å². The molecule has 50 valence electrons. The number of halogens is 2. The van der Waals surface area contributed by atoms with E-state index in [4.69, 9.17) is 5.84 Å². The third kappa shape index (κ3) is 5.78. The Hall–Kier alpha value is -0.220. The summed E-state index contributed by atoms with van der Waals surface area (Å²) in [6, 6.07) is 0. The quantitative estimate of drug-likeness (QED) is 0.325. The molecular formula is C4H10F2N2. The molecule has 0 aliphatic carbocycles. The molecular weight excluding hydrogens is 114 g/mol. The maximum absolute atomic E-state index is 11.3. The van der Waals surface area contributed by atoms with E-state index in [-0.39, 0.29) is 6.42 Å². The van der Waals surface area contributed by atoms with Crippen molar-refractivity contribution in [2.45, 2.75) is 19.3 Å². The largest absolute Gasteiger partial charge is 0.271 e. The van der Waals surface area contributed by atoms with Crippen LogP contribution in [0, 0.1) is 0 Å².